The summed E-state index contributed by atoms with van der Waals surface area (Å²) in [5.74, 6) is 2.55. The fraction of sp³-hybridized carbons (Fsp3) is 0.368. The molecule has 4 nitrogen and oxygen atoms in total. The summed E-state index contributed by atoms with van der Waals surface area (Å²) < 4.78 is 0. The first kappa shape index (κ1) is 18.1. The molecule has 1 fully saturated rings. The number of benzene rings is 1. The third kappa shape index (κ3) is 5.13. The van der Waals surface area contributed by atoms with Crippen LogP contribution in [-0.2, 0) is 10.5 Å². The number of piperazine rings is 1. The number of amides is 1. The molecule has 0 N–H and O–H groups in total. The highest BCUT2D eigenvalue weighted by atomic mass is 35.5. The lowest BCUT2D eigenvalue weighted by atomic mass is 10.2. The topological polar surface area (TPSA) is 36.4 Å². The summed E-state index contributed by atoms with van der Waals surface area (Å²) in [6.45, 7) is 5.19. The van der Waals surface area contributed by atoms with Crippen molar-refractivity contribution >= 4 is 35.1 Å². The van der Waals surface area contributed by atoms with E-state index in [4.69, 9.17) is 11.6 Å². The summed E-state index contributed by atoms with van der Waals surface area (Å²) in [4.78, 5) is 20.9. The lowest BCUT2D eigenvalue weighted by Gasteiger charge is -2.35. The smallest absolute Gasteiger partial charge is 0.232 e. The van der Waals surface area contributed by atoms with Crippen LogP contribution in [0.3, 0.4) is 0 Å². The average Bonchev–Trinajstić information content (AvgIpc) is 2.64. The van der Waals surface area contributed by atoms with Gasteiger partial charge in [0, 0.05) is 38.1 Å². The first-order chi connectivity index (χ1) is 12.1. The van der Waals surface area contributed by atoms with E-state index in [1.54, 1.807) is 18.0 Å². The van der Waals surface area contributed by atoms with E-state index in [2.05, 4.69) is 41.1 Å². The van der Waals surface area contributed by atoms with Crippen LogP contribution in [0.1, 0.15) is 11.1 Å². The number of pyridine rings is 1. The van der Waals surface area contributed by atoms with E-state index < -0.39 is 0 Å². The van der Waals surface area contributed by atoms with Crippen molar-refractivity contribution in [3.05, 3.63) is 58.7 Å². The van der Waals surface area contributed by atoms with Crippen LogP contribution in [0.2, 0.25) is 5.02 Å². The number of halogens is 1. The molecule has 2 heterocycles. The minimum atomic E-state index is 0.223. The SMILES string of the molecule is Cc1ccc(CSCC(=O)N2CCN(c3ccc(Cl)cn3)CC2)cc1. The summed E-state index contributed by atoms with van der Waals surface area (Å²) in [6, 6.07) is 12.3. The van der Waals surface area contributed by atoms with Crippen molar-refractivity contribution in [2.75, 3.05) is 36.8 Å². The highest BCUT2D eigenvalue weighted by molar-refractivity contribution is 7.99. The number of aryl methyl sites for hydroxylation is 1. The summed E-state index contributed by atoms with van der Waals surface area (Å²) in [6.07, 6.45) is 1.66. The monoisotopic (exact) mass is 375 g/mol. The van der Waals surface area contributed by atoms with Gasteiger partial charge in [-0.2, -0.15) is 0 Å². The van der Waals surface area contributed by atoms with E-state index in [0.717, 1.165) is 37.7 Å². The molecule has 132 valence electrons. The Hall–Kier alpha value is -1.72. The molecule has 1 aromatic heterocycles. The molecule has 0 saturated carbocycles. The van der Waals surface area contributed by atoms with Crippen LogP contribution < -0.4 is 4.90 Å². The molecule has 0 atom stereocenters. The molecule has 3 rings (SSSR count). The number of carbonyl (C=O) groups is 1. The maximum atomic E-state index is 12.4. The van der Waals surface area contributed by atoms with E-state index in [-0.39, 0.29) is 5.91 Å². The Morgan fingerprint density at radius 1 is 1.12 bits per heavy atom. The van der Waals surface area contributed by atoms with Crippen molar-refractivity contribution in [1.29, 1.82) is 0 Å². The van der Waals surface area contributed by atoms with Gasteiger partial charge in [0.25, 0.3) is 0 Å². The maximum Gasteiger partial charge on any atom is 0.232 e. The molecular formula is C19H22ClN3OS. The molecule has 2 aromatic rings. The Labute approximate surface area is 158 Å². The molecule has 1 aliphatic heterocycles. The number of anilines is 1. The van der Waals surface area contributed by atoms with Gasteiger partial charge in [-0.3, -0.25) is 4.79 Å². The second-order valence-electron chi connectivity index (χ2n) is 6.18. The van der Waals surface area contributed by atoms with Crippen LogP contribution in [0.25, 0.3) is 0 Å². The Balaban J connectivity index is 1.42. The lowest BCUT2D eigenvalue weighted by Crippen LogP contribution is -2.49. The van der Waals surface area contributed by atoms with Crippen molar-refractivity contribution < 1.29 is 4.79 Å². The van der Waals surface area contributed by atoms with E-state index >= 15 is 0 Å². The predicted molar refractivity (Wildman–Crippen MR) is 105 cm³/mol. The minimum absolute atomic E-state index is 0.223. The van der Waals surface area contributed by atoms with Gasteiger partial charge in [0.15, 0.2) is 0 Å². The van der Waals surface area contributed by atoms with Crippen LogP contribution in [0, 0.1) is 6.92 Å². The largest absolute Gasteiger partial charge is 0.353 e. The van der Waals surface area contributed by atoms with Crippen LogP contribution >= 0.6 is 23.4 Å². The van der Waals surface area contributed by atoms with Crippen LogP contribution in [0.15, 0.2) is 42.6 Å². The van der Waals surface area contributed by atoms with Crippen molar-refractivity contribution in [3.8, 4) is 0 Å². The molecule has 0 radical (unpaired) electrons. The van der Waals surface area contributed by atoms with Crippen molar-refractivity contribution in [2.45, 2.75) is 12.7 Å². The van der Waals surface area contributed by atoms with Crippen molar-refractivity contribution in [3.63, 3.8) is 0 Å². The average molecular weight is 376 g/mol. The number of carbonyl (C=O) groups excluding carboxylic acids is 1. The molecule has 0 aliphatic carbocycles. The molecule has 0 spiro atoms. The third-order valence-corrected chi connectivity index (χ3v) is 5.50. The molecule has 1 aromatic carbocycles. The van der Waals surface area contributed by atoms with Gasteiger partial charge in [0.05, 0.1) is 10.8 Å². The fourth-order valence-corrected chi connectivity index (χ4v) is 3.77. The number of hydrogen-bond acceptors (Lipinski definition) is 4. The molecule has 1 saturated heterocycles. The van der Waals surface area contributed by atoms with E-state index in [9.17, 15) is 4.79 Å². The number of hydrogen-bond donors (Lipinski definition) is 0. The molecule has 0 bridgehead atoms. The normalized spacial score (nSPS) is 14.6. The van der Waals surface area contributed by atoms with Gasteiger partial charge in [0.2, 0.25) is 5.91 Å². The number of rotatable bonds is 5. The first-order valence-electron chi connectivity index (χ1n) is 8.39. The zero-order valence-electron chi connectivity index (χ0n) is 14.3. The van der Waals surface area contributed by atoms with E-state index in [1.807, 2.05) is 17.0 Å². The number of thioether (sulfide) groups is 1. The van der Waals surface area contributed by atoms with Gasteiger partial charge in [-0.15, -0.1) is 11.8 Å². The van der Waals surface area contributed by atoms with Gasteiger partial charge in [-0.1, -0.05) is 41.4 Å². The third-order valence-electron chi connectivity index (χ3n) is 4.28. The van der Waals surface area contributed by atoms with Gasteiger partial charge in [-0.25, -0.2) is 4.98 Å². The zero-order valence-corrected chi connectivity index (χ0v) is 15.9. The van der Waals surface area contributed by atoms with E-state index in [1.165, 1.54) is 11.1 Å². The van der Waals surface area contributed by atoms with E-state index in [0.29, 0.717) is 10.8 Å². The summed E-state index contributed by atoms with van der Waals surface area (Å²) in [5.41, 5.74) is 2.53. The molecule has 1 amide bonds. The van der Waals surface area contributed by atoms with Crippen LogP contribution in [0.4, 0.5) is 5.82 Å². The van der Waals surface area contributed by atoms with Gasteiger partial charge >= 0.3 is 0 Å². The number of nitrogens with zero attached hydrogens (tertiary/aromatic N) is 3. The highest BCUT2D eigenvalue weighted by Crippen LogP contribution is 2.18. The second kappa shape index (κ2) is 8.59. The Bertz CT molecular complexity index is 698. The molecule has 0 unspecified atom stereocenters. The van der Waals surface area contributed by atoms with Gasteiger partial charge in [-0.05, 0) is 24.6 Å². The van der Waals surface area contributed by atoms with Crippen LogP contribution in [-0.4, -0.2) is 47.7 Å². The summed E-state index contributed by atoms with van der Waals surface area (Å²) >= 11 is 7.56. The first-order valence-corrected chi connectivity index (χ1v) is 9.92. The minimum Gasteiger partial charge on any atom is -0.353 e. The number of aromatic nitrogens is 1. The molecule has 6 heteroatoms. The lowest BCUT2D eigenvalue weighted by molar-refractivity contribution is -0.128. The van der Waals surface area contributed by atoms with Crippen molar-refractivity contribution in [2.24, 2.45) is 0 Å². The van der Waals surface area contributed by atoms with Gasteiger partial charge in [0.1, 0.15) is 5.82 Å². The Morgan fingerprint density at radius 3 is 2.48 bits per heavy atom. The van der Waals surface area contributed by atoms with Crippen LogP contribution in [0.5, 0.6) is 0 Å². The highest BCUT2D eigenvalue weighted by Gasteiger charge is 2.21. The maximum absolute atomic E-state index is 12.4. The molecule has 25 heavy (non-hydrogen) atoms. The molecular weight excluding hydrogens is 354 g/mol. The standard InChI is InChI=1S/C19H22ClN3OS/c1-15-2-4-16(5-3-15)13-25-14-19(24)23-10-8-22(9-11-23)18-7-6-17(20)12-21-18/h2-7,12H,8-11,13-14H2,1H3. The fourth-order valence-electron chi connectivity index (χ4n) is 2.77. The Morgan fingerprint density at radius 2 is 1.84 bits per heavy atom. The summed E-state index contributed by atoms with van der Waals surface area (Å²) in [5, 5.41) is 0.642. The summed E-state index contributed by atoms with van der Waals surface area (Å²) in [7, 11) is 0. The predicted octanol–water partition coefficient (Wildman–Crippen LogP) is 3.63. The Kier molecular flexibility index (Phi) is 6.21. The second-order valence-corrected chi connectivity index (χ2v) is 7.60. The zero-order chi connectivity index (χ0) is 17.6. The quantitative estimate of drug-likeness (QED) is 0.799. The van der Waals surface area contributed by atoms with Crippen molar-refractivity contribution in [1.82, 2.24) is 9.88 Å². The molecule has 1 aliphatic rings. The van der Waals surface area contributed by atoms with Gasteiger partial charge < -0.3 is 9.80 Å².